The maximum atomic E-state index is 11.7. The second-order valence-electron chi connectivity index (χ2n) is 4.11. The highest BCUT2D eigenvalue weighted by Crippen LogP contribution is 2.12. The number of hydrogen-bond donors (Lipinski definition) is 2. The molecule has 3 amide bonds. The maximum Gasteiger partial charge on any atom is 0.246 e. The standard InChI is InChI=1S/C11H19N3O3/c1-2-14-10(16)7-8(11(14)17)13-6-4-3-5-9(12)15/h8,13H,2-7H2,1H3,(H2,12,15). The summed E-state index contributed by atoms with van der Waals surface area (Å²) in [6.07, 6.45) is 2.07. The Kier molecular flexibility index (Phi) is 5.09. The fraction of sp³-hybridized carbons (Fsp3) is 0.727. The predicted octanol–water partition coefficient (Wildman–Crippen LogP) is -0.621. The van der Waals surface area contributed by atoms with Crippen molar-refractivity contribution in [2.75, 3.05) is 13.1 Å². The smallest absolute Gasteiger partial charge is 0.246 e. The van der Waals surface area contributed by atoms with Crippen molar-refractivity contribution in [2.24, 2.45) is 5.73 Å². The molecule has 1 fully saturated rings. The molecule has 1 unspecified atom stereocenters. The van der Waals surface area contributed by atoms with E-state index in [9.17, 15) is 14.4 Å². The normalized spacial score (nSPS) is 20.1. The van der Waals surface area contributed by atoms with Crippen molar-refractivity contribution in [2.45, 2.75) is 38.6 Å². The van der Waals surface area contributed by atoms with E-state index in [1.165, 1.54) is 4.90 Å². The summed E-state index contributed by atoms with van der Waals surface area (Å²) in [4.78, 5) is 34.9. The summed E-state index contributed by atoms with van der Waals surface area (Å²) in [6.45, 7) is 2.83. The monoisotopic (exact) mass is 241 g/mol. The molecule has 6 heteroatoms. The zero-order valence-electron chi connectivity index (χ0n) is 10.1. The van der Waals surface area contributed by atoms with Gasteiger partial charge in [0.05, 0.1) is 12.5 Å². The highest BCUT2D eigenvalue weighted by Gasteiger charge is 2.36. The summed E-state index contributed by atoms with van der Waals surface area (Å²) in [5.41, 5.74) is 5.01. The third-order valence-electron chi connectivity index (χ3n) is 2.80. The molecule has 0 saturated carbocycles. The van der Waals surface area contributed by atoms with Gasteiger partial charge in [-0.3, -0.25) is 19.3 Å². The van der Waals surface area contributed by atoms with Crippen LogP contribution in [0.4, 0.5) is 0 Å². The van der Waals surface area contributed by atoms with Crippen molar-refractivity contribution in [1.29, 1.82) is 0 Å². The maximum absolute atomic E-state index is 11.7. The van der Waals surface area contributed by atoms with Crippen LogP contribution in [0.25, 0.3) is 0 Å². The quantitative estimate of drug-likeness (QED) is 0.459. The molecule has 0 spiro atoms. The van der Waals surface area contributed by atoms with Gasteiger partial charge in [-0.2, -0.15) is 0 Å². The van der Waals surface area contributed by atoms with Gasteiger partial charge in [-0.25, -0.2) is 0 Å². The summed E-state index contributed by atoms with van der Waals surface area (Å²) in [5, 5.41) is 3.04. The number of imide groups is 1. The van der Waals surface area contributed by atoms with Gasteiger partial charge in [0.15, 0.2) is 0 Å². The Morgan fingerprint density at radius 2 is 2.18 bits per heavy atom. The molecule has 3 N–H and O–H groups in total. The third-order valence-corrected chi connectivity index (χ3v) is 2.80. The second-order valence-corrected chi connectivity index (χ2v) is 4.11. The molecule has 1 aliphatic rings. The number of likely N-dealkylation sites (tertiary alicyclic amines) is 1. The van der Waals surface area contributed by atoms with Crippen molar-refractivity contribution in [3.05, 3.63) is 0 Å². The molecule has 1 aliphatic heterocycles. The minimum atomic E-state index is -0.393. The van der Waals surface area contributed by atoms with Crippen molar-refractivity contribution in [3.8, 4) is 0 Å². The third kappa shape index (κ3) is 3.81. The summed E-state index contributed by atoms with van der Waals surface area (Å²) >= 11 is 0. The lowest BCUT2D eigenvalue weighted by Gasteiger charge is -2.12. The SMILES string of the molecule is CCN1C(=O)CC(NCCCCC(N)=O)C1=O. The van der Waals surface area contributed by atoms with E-state index >= 15 is 0 Å². The average Bonchev–Trinajstić information content (AvgIpc) is 2.53. The number of rotatable bonds is 7. The van der Waals surface area contributed by atoms with Gasteiger partial charge in [0.1, 0.15) is 0 Å². The number of nitrogens with zero attached hydrogens (tertiary/aromatic N) is 1. The van der Waals surface area contributed by atoms with Crippen LogP contribution in [0.3, 0.4) is 0 Å². The van der Waals surface area contributed by atoms with Gasteiger partial charge in [-0.1, -0.05) is 0 Å². The first kappa shape index (κ1) is 13.6. The summed E-state index contributed by atoms with van der Waals surface area (Å²) in [5.74, 6) is -0.575. The second kappa shape index (κ2) is 6.34. The molecule has 17 heavy (non-hydrogen) atoms. The molecule has 0 aromatic heterocycles. The molecule has 0 aromatic rings. The molecule has 96 valence electrons. The zero-order valence-corrected chi connectivity index (χ0v) is 10.1. The van der Waals surface area contributed by atoms with E-state index in [2.05, 4.69) is 5.32 Å². The minimum absolute atomic E-state index is 0.118. The minimum Gasteiger partial charge on any atom is -0.370 e. The molecule has 1 rings (SSSR count). The first-order chi connectivity index (χ1) is 8.06. The van der Waals surface area contributed by atoms with Crippen LogP contribution in [0.2, 0.25) is 0 Å². The molecule has 0 radical (unpaired) electrons. The van der Waals surface area contributed by atoms with Gasteiger partial charge in [-0.05, 0) is 26.3 Å². The van der Waals surface area contributed by atoms with Gasteiger partial charge in [0, 0.05) is 13.0 Å². The molecular weight excluding hydrogens is 222 g/mol. The molecule has 0 aliphatic carbocycles. The number of carbonyl (C=O) groups excluding carboxylic acids is 3. The van der Waals surface area contributed by atoms with E-state index in [1.54, 1.807) is 6.92 Å². The fourth-order valence-corrected chi connectivity index (χ4v) is 1.88. The Morgan fingerprint density at radius 1 is 1.47 bits per heavy atom. The Balaban J connectivity index is 2.22. The lowest BCUT2D eigenvalue weighted by Crippen LogP contribution is -2.39. The topological polar surface area (TPSA) is 92.5 Å². The van der Waals surface area contributed by atoms with Gasteiger partial charge in [0.2, 0.25) is 17.7 Å². The fourth-order valence-electron chi connectivity index (χ4n) is 1.88. The average molecular weight is 241 g/mol. The van der Waals surface area contributed by atoms with Crippen LogP contribution >= 0.6 is 0 Å². The molecule has 1 heterocycles. The number of likely N-dealkylation sites (N-methyl/N-ethyl adjacent to an activating group) is 1. The zero-order chi connectivity index (χ0) is 12.8. The van der Waals surface area contributed by atoms with Crippen LogP contribution < -0.4 is 11.1 Å². The number of unbranched alkanes of at least 4 members (excludes halogenated alkanes) is 1. The number of nitrogens with two attached hydrogens (primary N) is 1. The molecular formula is C11H19N3O3. The number of hydrogen-bond acceptors (Lipinski definition) is 4. The molecule has 0 aromatic carbocycles. The Bertz CT molecular complexity index is 317. The van der Waals surface area contributed by atoms with Crippen LogP contribution in [0.1, 0.15) is 32.6 Å². The summed E-state index contributed by atoms with van der Waals surface area (Å²) in [7, 11) is 0. The molecule has 0 bridgehead atoms. The van der Waals surface area contributed by atoms with Crippen molar-refractivity contribution in [3.63, 3.8) is 0 Å². The van der Waals surface area contributed by atoms with Crippen molar-refractivity contribution >= 4 is 17.7 Å². The predicted molar refractivity (Wildman–Crippen MR) is 61.8 cm³/mol. The van der Waals surface area contributed by atoms with Gasteiger partial charge < -0.3 is 11.1 Å². The van der Waals surface area contributed by atoms with Crippen molar-refractivity contribution in [1.82, 2.24) is 10.2 Å². The number of carbonyl (C=O) groups is 3. The van der Waals surface area contributed by atoms with Crippen molar-refractivity contribution < 1.29 is 14.4 Å². The first-order valence-corrected chi connectivity index (χ1v) is 5.92. The van der Waals surface area contributed by atoms with Gasteiger partial charge in [-0.15, -0.1) is 0 Å². The Hall–Kier alpha value is -1.43. The molecule has 1 saturated heterocycles. The molecule has 6 nitrogen and oxygen atoms in total. The van der Waals surface area contributed by atoms with E-state index in [0.717, 1.165) is 6.42 Å². The van der Waals surface area contributed by atoms with E-state index in [-0.39, 0.29) is 24.1 Å². The number of nitrogens with one attached hydrogen (secondary N) is 1. The lowest BCUT2D eigenvalue weighted by atomic mass is 10.2. The lowest BCUT2D eigenvalue weighted by molar-refractivity contribution is -0.138. The summed E-state index contributed by atoms with van der Waals surface area (Å²) in [6, 6.07) is -0.393. The van der Waals surface area contributed by atoms with E-state index in [1.807, 2.05) is 0 Å². The molecule has 1 atom stereocenters. The Labute approximate surface area is 101 Å². The van der Waals surface area contributed by atoms with Gasteiger partial charge >= 0.3 is 0 Å². The van der Waals surface area contributed by atoms with Crippen LogP contribution in [0.15, 0.2) is 0 Å². The van der Waals surface area contributed by atoms with Gasteiger partial charge in [0.25, 0.3) is 0 Å². The van der Waals surface area contributed by atoms with Crippen LogP contribution in [0.5, 0.6) is 0 Å². The van der Waals surface area contributed by atoms with E-state index < -0.39 is 6.04 Å². The van der Waals surface area contributed by atoms with Crippen LogP contribution in [0, 0.1) is 0 Å². The largest absolute Gasteiger partial charge is 0.370 e. The van der Waals surface area contributed by atoms with E-state index in [0.29, 0.717) is 25.9 Å². The first-order valence-electron chi connectivity index (χ1n) is 5.92. The highest BCUT2D eigenvalue weighted by atomic mass is 16.2. The summed E-state index contributed by atoms with van der Waals surface area (Å²) < 4.78 is 0. The Morgan fingerprint density at radius 3 is 2.71 bits per heavy atom. The van der Waals surface area contributed by atoms with Crippen LogP contribution in [-0.2, 0) is 14.4 Å². The highest BCUT2D eigenvalue weighted by molar-refractivity contribution is 6.05. The number of primary amides is 1. The number of amides is 3. The van der Waals surface area contributed by atoms with Crippen LogP contribution in [-0.4, -0.2) is 41.8 Å². The van der Waals surface area contributed by atoms with E-state index in [4.69, 9.17) is 5.73 Å².